The minimum absolute atomic E-state index is 0.0148. The van der Waals surface area contributed by atoms with Crippen LogP contribution in [0.1, 0.15) is 35.3 Å². The second kappa shape index (κ2) is 7.16. The van der Waals surface area contributed by atoms with E-state index in [0.29, 0.717) is 35.1 Å². The lowest BCUT2D eigenvalue weighted by molar-refractivity contribution is -0.133. The van der Waals surface area contributed by atoms with Gasteiger partial charge in [-0.15, -0.1) is 0 Å². The minimum Gasteiger partial charge on any atom is -0.493 e. The van der Waals surface area contributed by atoms with Crippen LogP contribution in [0.5, 0.6) is 17.2 Å². The predicted molar refractivity (Wildman–Crippen MR) is 98.9 cm³/mol. The summed E-state index contributed by atoms with van der Waals surface area (Å²) in [5, 5.41) is 4.20. The maximum atomic E-state index is 13.1. The zero-order valence-corrected chi connectivity index (χ0v) is 15.9. The Labute approximate surface area is 165 Å². The maximum Gasteiger partial charge on any atom is 0.282 e. The van der Waals surface area contributed by atoms with Gasteiger partial charge in [-0.3, -0.25) is 19.2 Å². The van der Waals surface area contributed by atoms with Gasteiger partial charge in [-0.2, -0.15) is 9.78 Å². The van der Waals surface area contributed by atoms with E-state index < -0.39 is 28.8 Å². The third kappa shape index (κ3) is 3.18. The van der Waals surface area contributed by atoms with E-state index in [4.69, 9.17) is 14.2 Å². The summed E-state index contributed by atoms with van der Waals surface area (Å²) in [5.41, 5.74) is -0.300. The van der Waals surface area contributed by atoms with Crippen LogP contribution in [-0.4, -0.2) is 41.0 Å². The Balaban J connectivity index is 1.83. The van der Waals surface area contributed by atoms with Gasteiger partial charge < -0.3 is 14.2 Å². The molecule has 0 bridgehead atoms. The van der Waals surface area contributed by atoms with E-state index in [1.54, 1.807) is 13.0 Å². The number of methoxy groups -OCH3 is 1. The van der Waals surface area contributed by atoms with Crippen LogP contribution in [-0.2, 0) is 9.59 Å². The molecule has 0 unspecified atom stereocenters. The summed E-state index contributed by atoms with van der Waals surface area (Å²) in [4.78, 5) is 50.3. The number of rotatable bonds is 4. The molecule has 1 fully saturated rings. The van der Waals surface area contributed by atoms with Crippen molar-refractivity contribution in [3.63, 3.8) is 0 Å². The highest BCUT2D eigenvalue weighted by Gasteiger charge is 2.38. The van der Waals surface area contributed by atoms with Crippen molar-refractivity contribution in [1.82, 2.24) is 9.78 Å². The van der Waals surface area contributed by atoms with Gasteiger partial charge >= 0.3 is 0 Å². The Morgan fingerprint density at radius 3 is 2.55 bits per heavy atom. The fraction of sp³-hybridized carbons (Fsp3) is 0.350. The van der Waals surface area contributed by atoms with Crippen molar-refractivity contribution in [2.75, 3.05) is 13.9 Å². The van der Waals surface area contributed by atoms with E-state index in [2.05, 4.69) is 5.10 Å². The third-order valence-electron chi connectivity index (χ3n) is 4.94. The number of benzene rings is 1. The quantitative estimate of drug-likeness (QED) is 0.561. The Morgan fingerprint density at radius 1 is 1.14 bits per heavy atom. The van der Waals surface area contributed by atoms with Crippen molar-refractivity contribution in [2.24, 2.45) is 5.92 Å². The van der Waals surface area contributed by atoms with Gasteiger partial charge in [-0.1, -0.05) is 0 Å². The van der Waals surface area contributed by atoms with Gasteiger partial charge in [0.25, 0.3) is 5.56 Å². The number of ether oxygens (including phenoxy) is 3. The average molecular weight is 398 g/mol. The molecule has 0 atom stereocenters. The number of aromatic nitrogens is 2. The van der Waals surface area contributed by atoms with E-state index in [0.717, 1.165) is 4.68 Å². The largest absolute Gasteiger partial charge is 0.493 e. The normalized spacial score (nSPS) is 16.2. The number of Topliss-reactive ketones (excluding diaryl/α,β-unsaturated/α-hetero) is 3. The molecule has 2 aliphatic rings. The highest BCUT2D eigenvalue weighted by molar-refractivity contribution is 6.25. The average Bonchev–Trinajstić information content (AvgIpc) is 3.17. The van der Waals surface area contributed by atoms with Gasteiger partial charge in [0, 0.05) is 25.0 Å². The number of hydrogen-bond acceptors (Lipinski definition) is 8. The van der Waals surface area contributed by atoms with E-state index in [1.165, 1.54) is 19.2 Å². The molecule has 2 heterocycles. The van der Waals surface area contributed by atoms with Crippen LogP contribution in [0.3, 0.4) is 0 Å². The highest BCUT2D eigenvalue weighted by atomic mass is 16.7. The molecule has 2 aromatic rings. The minimum atomic E-state index is -1.42. The Bertz CT molecular complexity index is 1090. The summed E-state index contributed by atoms with van der Waals surface area (Å²) in [7, 11) is 1.45. The second-order valence-electron chi connectivity index (χ2n) is 6.88. The summed E-state index contributed by atoms with van der Waals surface area (Å²) in [6.45, 7) is 1.63. The molecule has 1 aliphatic heterocycles. The summed E-state index contributed by atoms with van der Waals surface area (Å²) in [5.74, 6) is -1.97. The van der Waals surface area contributed by atoms with E-state index in [1.807, 2.05) is 0 Å². The zero-order valence-electron chi connectivity index (χ0n) is 15.9. The van der Waals surface area contributed by atoms with Gasteiger partial charge in [0.2, 0.25) is 12.5 Å². The Morgan fingerprint density at radius 2 is 1.86 bits per heavy atom. The van der Waals surface area contributed by atoms with Crippen LogP contribution in [0.25, 0.3) is 5.69 Å². The number of fused-ring (bicyclic) bond motifs is 1. The molecule has 0 amide bonds. The third-order valence-corrected chi connectivity index (χ3v) is 4.94. The summed E-state index contributed by atoms with van der Waals surface area (Å²) in [6, 6.07) is 4.39. The number of hydrogen-bond donors (Lipinski definition) is 0. The Hall–Kier alpha value is -3.49. The van der Waals surface area contributed by atoms with Crippen LogP contribution in [0.15, 0.2) is 23.0 Å². The van der Waals surface area contributed by atoms with Crippen LogP contribution >= 0.6 is 0 Å². The fourth-order valence-electron chi connectivity index (χ4n) is 3.56. The molecule has 9 heteroatoms. The first kappa shape index (κ1) is 18.9. The monoisotopic (exact) mass is 398 g/mol. The molecule has 1 saturated carbocycles. The number of ketones is 3. The molecule has 1 aliphatic carbocycles. The molecule has 0 radical (unpaired) electrons. The van der Waals surface area contributed by atoms with Gasteiger partial charge in [0.15, 0.2) is 28.8 Å². The van der Waals surface area contributed by atoms with Gasteiger partial charge in [0.1, 0.15) is 5.92 Å². The molecule has 9 nitrogen and oxygen atoms in total. The van der Waals surface area contributed by atoms with Crippen molar-refractivity contribution in [1.29, 1.82) is 0 Å². The SMILES string of the molecule is COc1cc(-n2nc(C)cc(C(=O)C3C(=O)CCCC3=O)c2=O)cc2c1OCO2. The first-order chi connectivity index (χ1) is 13.9. The summed E-state index contributed by atoms with van der Waals surface area (Å²) >= 11 is 0. The van der Waals surface area contributed by atoms with Gasteiger partial charge in [-0.05, 0) is 19.4 Å². The number of nitrogens with zero attached hydrogens (tertiary/aromatic N) is 2. The lowest BCUT2D eigenvalue weighted by Crippen LogP contribution is -2.39. The molecule has 0 spiro atoms. The molecule has 4 rings (SSSR count). The first-order valence-corrected chi connectivity index (χ1v) is 9.09. The first-order valence-electron chi connectivity index (χ1n) is 9.09. The van der Waals surface area contributed by atoms with Gasteiger partial charge in [-0.25, -0.2) is 0 Å². The molecule has 1 aromatic carbocycles. The fourth-order valence-corrected chi connectivity index (χ4v) is 3.56. The predicted octanol–water partition coefficient (Wildman–Crippen LogP) is 1.40. The topological polar surface area (TPSA) is 114 Å². The van der Waals surface area contributed by atoms with E-state index in [9.17, 15) is 19.2 Å². The van der Waals surface area contributed by atoms with Crippen LogP contribution in [0.2, 0.25) is 0 Å². The molecule has 150 valence electrons. The van der Waals surface area contributed by atoms with Crippen molar-refractivity contribution >= 4 is 17.3 Å². The van der Waals surface area contributed by atoms with E-state index >= 15 is 0 Å². The highest BCUT2D eigenvalue weighted by Crippen LogP contribution is 2.42. The van der Waals surface area contributed by atoms with Crippen molar-refractivity contribution in [3.8, 4) is 22.9 Å². The Kier molecular flexibility index (Phi) is 4.65. The van der Waals surface area contributed by atoms with E-state index in [-0.39, 0.29) is 25.2 Å². The zero-order chi connectivity index (χ0) is 20.7. The van der Waals surface area contributed by atoms with Crippen molar-refractivity contribution < 1.29 is 28.6 Å². The number of aryl methyl sites for hydroxylation is 1. The summed E-state index contributed by atoms with van der Waals surface area (Å²) in [6.07, 6.45) is 0.734. The smallest absolute Gasteiger partial charge is 0.282 e. The number of carbonyl (C=O) groups excluding carboxylic acids is 3. The van der Waals surface area contributed by atoms with Crippen LogP contribution in [0.4, 0.5) is 0 Å². The maximum absolute atomic E-state index is 13.1. The lowest BCUT2D eigenvalue weighted by Gasteiger charge is -2.18. The lowest BCUT2D eigenvalue weighted by atomic mass is 9.82. The molecule has 29 heavy (non-hydrogen) atoms. The second-order valence-corrected chi connectivity index (χ2v) is 6.88. The number of carbonyl (C=O) groups is 3. The molecule has 0 N–H and O–H groups in total. The van der Waals surface area contributed by atoms with Crippen molar-refractivity contribution in [3.05, 3.63) is 39.8 Å². The molecule has 0 saturated heterocycles. The molecular weight excluding hydrogens is 380 g/mol. The van der Waals surface area contributed by atoms with Crippen LogP contribution < -0.4 is 19.8 Å². The molecular formula is C20H18N2O7. The standard InChI is InChI=1S/C20H18N2O7/c1-10-6-12(18(25)17-13(23)4-3-5-14(17)24)20(26)22(21-10)11-7-15(27-2)19-16(8-11)28-9-29-19/h6-8,17H,3-5,9H2,1-2H3. The molecule has 1 aromatic heterocycles. The van der Waals surface area contributed by atoms with Crippen molar-refractivity contribution in [2.45, 2.75) is 26.2 Å². The summed E-state index contributed by atoms with van der Waals surface area (Å²) < 4.78 is 17.0. The van der Waals surface area contributed by atoms with Crippen LogP contribution in [0, 0.1) is 12.8 Å². The van der Waals surface area contributed by atoms with Gasteiger partial charge in [0.05, 0.1) is 24.1 Å².